The van der Waals surface area contributed by atoms with Crippen LogP contribution in [-0.2, 0) is 0 Å². The average molecular weight is 226 g/mol. The van der Waals surface area contributed by atoms with E-state index in [-0.39, 0.29) is 6.10 Å². The molecule has 2 saturated carbocycles. The van der Waals surface area contributed by atoms with Crippen LogP contribution in [0.25, 0.3) is 0 Å². The number of rotatable bonds is 7. The smallest absolute Gasteiger partial charge is 0.0639 e. The summed E-state index contributed by atoms with van der Waals surface area (Å²) in [5, 5.41) is 13.1. The second-order valence-electron chi connectivity index (χ2n) is 5.51. The molecule has 94 valence electrons. The molecule has 0 bridgehead atoms. The number of aliphatic hydroxyl groups excluding tert-OH is 1. The van der Waals surface area contributed by atoms with Crippen LogP contribution in [-0.4, -0.2) is 47.8 Å². The van der Waals surface area contributed by atoms with E-state index in [1.165, 1.54) is 38.5 Å². The molecule has 0 aromatic rings. The first-order valence-corrected chi connectivity index (χ1v) is 6.91. The Bertz CT molecular complexity index is 200. The zero-order valence-electron chi connectivity index (χ0n) is 10.5. The molecule has 3 heteroatoms. The molecule has 0 heterocycles. The third-order valence-corrected chi connectivity index (χ3v) is 4.03. The van der Waals surface area contributed by atoms with E-state index < -0.39 is 0 Å². The van der Waals surface area contributed by atoms with Gasteiger partial charge >= 0.3 is 0 Å². The SMILES string of the molecule is CC(O)CN(CCNC1CCC1)C1CCC1. The summed E-state index contributed by atoms with van der Waals surface area (Å²) in [5.74, 6) is 0. The number of hydrogen-bond acceptors (Lipinski definition) is 3. The highest BCUT2D eigenvalue weighted by Crippen LogP contribution is 2.24. The monoisotopic (exact) mass is 226 g/mol. The Morgan fingerprint density at radius 2 is 1.94 bits per heavy atom. The molecule has 2 aliphatic rings. The van der Waals surface area contributed by atoms with E-state index >= 15 is 0 Å². The first kappa shape index (κ1) is 12.3. The molecule has 0 aliphatic heterocycles. The van der Waals surface area contributed by atoms with Crippen molar-refractivity contribution < 1.29 is 5.11 Å². The van der Waals surface area contributed by atoms with Crippen LogP contribution in [0, 0.1) is 0 Å². The quantitative estimate of drug-likeness (QED) is 0.688. The molecule has 16 heavy (non-hydrogen) atoms. The zero-order valence-corrected chi connectivity index (χ0v) is 10.5. The summed E-state index contributed by atoms with van der Waals surface area (Å²) in [5.41, 5.74) is 0. The maximum atomic E-state index is 9.50. The van der Waals surface area contributed by atoms with Crippen molar-refractivity contribution in [3.8, 4) is 0 Å². The Hall–Kier alpha value is -0.120. The molecule has 2 rings (SSSR count). The van der Waals surface area contributed by atoms with Crippen molar-refractivity contribution in [2.24, 2.45) is 0 Å². The molecule has 0 spiro atoms. The highest BCUT2D eigenvalue weighted by molar-refractivity contribution is 4.82. The second-order valence-corrected chi connectivity index (χ2v) is 5.51. The van der Waals surface area contributed by atoms with Crippen molar-refractivity contribution in [3.63, 3.8) is 0 Å². The van der Waals surface area contributed by atoms with Crippen LogP contribution < -0.4 is 5.32 Å². The predicted octanol–water partition coefficient (Wildman–Crippen LogP) is 1.36. The number of nitrogens with one attached hydrogen (secondary N) is 1. The van der Waals surface area contributed by atoms with Crippen LogP contribution in [0.5, 0.6) is 0 Å². The largest absolute Gasteiger partial charge is 0.392 e. The van der Waals surface area contributed by atoms with Gasteiger partial charge in [-0.05, 0) is 32.6 Å². The molecular formula is C13H26N2O. The minimum Gasteiger partial charge on any atom is -0.392 e. The van der Waals surface area contributed by atoms with Gasteiger partial charge in [0.1, 0.15) is 0 Å². The summed E-state index contributed by atoms with van der Waals surface area (Å²) < 4.78 is 0. The van der Waals surface area contributed by atoms with Gasteiger partial charge in [-0.2, -0.15) is 0 Å². The maximum Gasteiger partial charge on any atom is 0.0639 e. The first-order chi connectivity index (χ1) is 7.75. The van der Waals surface area contributed by atoms with E-state index in [0.717, 1.165) is 31.7 Å². The highest BCUT2D eigenvalue weighted by Gasteiger charge is 2.25. The Kier molecular flexibility index (Phi) is 4.62. The minimum atomic E-state index is -0.190. The lowest BCUT2D eigenvalue weighted by Gasteiger charge is -2.39. The van der Waals surface area contributed by atoms with Crippen LogP contribution in [0.3, 0.4) is 0 Å². The minimum absolute atomic E-state index is 0.190. The number of hydrogen-bond donors (Lipinski definition) is 2. The zero-order chi connectivity index (χ0) is 11.4. The van der Waals surface area contributed by atoms with E-state index in [9.17, 15) is 5.11 Å². The van der Waals surface area contributed by atoms with Gasteiger partial charge in [-0.15, -0.1) is 0 Å². The molecule has 3 nitrogen and oxygen atoms in total. The maximum absolute atomic E-state index is 9.50. The fraction of sp³-hybridized carbons (Fsp3) is 1.00. The van der Waals surface area contributed by atoms with Gasteiger partial charge in [-0.3, -0.25) is 4.90 Å². The summed E-state index contributed by atoms with van der Waals surface area (Å²) in [6.07, 6.45) is 7.96. The summed E-state index contributed by atoms with van der Waals surface area (Å²) in [7, 11) is 0. The van der Waals surface area contributed by atoms with Gasteiger partial charge in [0, 0.05) is 31.7 Å². The number of aliphatic hydroxyl groups is 1. The second kappa shape index (κ2) is 5.99. The van der Waals surface area contributed by atoms with Crippen LogP contribution in [0.1, 0.15) is 45.4 Å². The van der Waals surface area contributed by atoms with Crippen molar-refractivity contribution in [3.05, 3.63) is 0 Å². The molecule has 0 radical (unpaired) electrons. The van der Waals surface area contributed by atoms with E-state index in [1.807, 2.05) is 6.92 Å². The Labute approximate surface area is 99.2 Å². The molecule has 0 amide bonds. The van der Waals surface area contributed by atoms with E-state index in [0.29, 0.717) is 0 Å². The summed E-state index contributed by atoms with van der Waals surface area (Å²) >= 11 is 0. The molecule has 2 N–H and O–H groups in total. The van der Waals surface area contributed by atoms with E-state index in [4.69, 9.17) is 0 Å². The third kappa shape index (κ3) is 3.44. The van der Waals surface area contributed by atoms with Gasteiger partial charge in [-0.1, -0.05) is 12.8 Å². The van der Waals surface area contributed by atoms with Gasteiger partial charge in [0.25, 0.3) is 0 Å². The average Bonchev–Trinajstić information content (AvgIpc) is 2.04. The molecule has 1 unspecified atom stereocenters. The first-order valence-electron chi connectivity index (χ1n) is 6.91. The summed E-state index contributed by atoms with van der Waals surface area (Å²) in [6, 6.07) is 1.53. The van der Waals surface area contributed by atoms with Crippen molar-refractivity contribution in [1.82, 2.24) is 10.2 Å². The van der Waals surface area contributed by atoms with Crippen LogP contribution >= 0.6 is 0 Å². The lowest BCUT2D eigenvalue weighted by atomic mass is 9.91. The fourth-order valence-electron chi connectivity index (χ4n) is 2.54. The van der Waals surface area contributed by atoms with Gasteiger partial charge in [0.2, 0.25) is 0 Å². The molecule has 1 atom stereocenters. The molecule has 2 fully saturated rings. The van der Waals surface area contributed by atoms with E-state index in [1.54, 1.807) is 0 Å². The van der Waals surface area contributed by atoms with Crippen molar-refractivity contribution in [2.45, 2.75) is 63.6 Å². The molecule has 0 saturated heterocycles. The summed E-state index contributed by atoms with van der Waals surface area (Å²) in [4.78, 5) is 2.47. The third-order valence-electron chi connectivity index (χ3n) is 4.03. The standard InChI is InChI=1S/C13H26N2O/c1-11(16)10-15(13-6-3-7-13)9-8-14-12-4-2-5-12/h11-14,16H,2-10H2,1H3. The molecule has 0 aromatic carbocycles. The van der Waals surface area contributed by atoms with Crippen LogP contribution in [0.2, 0.25) is 0 Å². The molecule has 2 aliphatic carbocycles. The molecular weight excluding hydrogens is 200 g/mol. The highest BCUT2D eigenvalue weighted by atomic mass is 16.3. The topological polar surface area (TPSA) is 35.5 Å². The van der Waals surface area contributed by atoms with E-state index in [2.05, 4.69) is 10.2 Å². The van der Waals surface area contributed by atoms with Crippen molar-refractivity contribution >= 4 is 0 Å². The lowest BCUT2D eigenvalue weighted by molar-refractivity contribution is 0.0661. The molecule has 0 aromatic heterocycles. The fourth-order valence-corrected chi connectivity index (χ4v) is 2.54. The van der Waals surface area contributed by atoms with Gasteiger partial charge in [0.05, 0.1) is 6.10 Å². The number of nitrogens with zero attached hydrogens (tertiary/aromatic N) is 1. The normalized spacial score (nSPS) is 24.2. The summed E-state index contributed by atoms with van der Waals surface area (Å²) in [6.45, 7) is 4.93. The predicted molar refractivity (Wildman–Crippen MR) is 66.5 cm³/mol. The van der Waals surface area contributed by atoms with Gasteiger partial charge < -0.3 is 10.4 Å². The Balaban J connectivity index is 1.64. The van der Waals surface area contributed by atoms with Crippen LogP contribution in [0.4, 0.5) is 0 Å². The van der Waals surface area contributed by atoms with Crippen molar-refractivity contribution in [1.29, 1.82) is 0 Å². The Morgan fingerprint density at radius 1 is 1.25 bits per heavy atom. The van der Waals surface area contributed by atoms with Crippen LogP contribution in [0.15, 0.2) is 0 Å². The van der Waals surface area contributed by atoms with Gasteiger partial charge in [-0.25, -0.2) is 0 Å². The van der Waals surface area contributed by atoms with Crippen molar-refractivity contribution in [2.75, 3.05) is 19.6 Å². The lowest BCUT2D eigenvalue weighted by Crippen LogP contribution is -2.48. The van der Waals surface area contributed by atoms with Gasteiger partial charge in [0.15, 0.2) is 0 Å². The Morgan fingerprint density at radius 3 is 2.38 bits per heavy atom.